The summed E-state index contributed by atoms with van der Waals surface area (Å²) in [5, 5.41) is 11.9. The molecule has 1 aliphatic rings. The minimum atomic E-state index is -1.10. The van der Waals surface area contributed by atoms with E-state index in [1.165, 1.54) is 6.07 Å². The first-order chi connectivity index (χ1) is 14.3. The number of carbonyl (C=O) groups excluding carboxylic acids is 1. The molecule has 1 saturated carbocycles. The molecule has 2 aromatic carbocycles. The van der Waals surface area contributed by atoms with E-state index in [0.717, 1.165) is 5.52 Å². The summed E-state index contributed by atoms with van der Waals surface area (Å²) in [6, 6.07) is 8.43. The van der Waals surface area contributed by atoms with Gasteiger partial charge in [0.05, 0.1) is 40.8 Å². The largest absolute Gasteiger partial charge is 0.342 e. The summed E-state index contributed by atoms with van der Waals surface area (Å²) < 4.78 is 30.0. The maximum atomic E-state index is 14.9. The summed E-state index contributed by atoms with van der Waals surface area (Å²) in [6.07, 6.45) is 1.30. The van der Waals surface area contributed by atoms with Crippen LogP contribution in [0.5, 0.6) is 0 Å². The molecule has 1 heterocycles. The Kier molecular flexibility index (Phi) is 4.90. The van der Waals surface area contributed by atoms with Gasteiger partial charge in [0, 0.05) is 19.8 Å². The molecule has 1 N–H and O–H groups in total. The van der Waals surface area contributed by atoms with E-state index in [0.29, 0.717) is 34.6 Å². The number of amides is 1. The number of halogens is 2. The zero-order chi connectivity index (χ0) is 21.6. The van der Waals surface area contributed by atoms with Crippen LogP contribution in [-0.2, 0) is 18.3 Å². The number of rotatable bonds is 5. The fraction of sp³-hybridized carbons (Fsp3) is 0.318. The lowest BCUT2D eigenvalue weighted by Crippen LogP contribution is -2.17. The predicted octanol–water partition coefficient (Wildman–Crippen LogP) is 4.21. The zero-order valence-electron chi connectivity index (χ0n) is 16.9. The number of nitrogens with one attached hydrogen (secondary N) is 1. The van der Waals surface area contributed by atoms with Crippen LogP contribution in [0, 0.1) is 23.1 Å². The number of aromatic nitrogens is 2. The van der Waals surface area contributed by atoms with E-state index in [4.69, 9.17) is 5.26 Å². The molecule has 0 radical (unpaired) electrons. The van der Waals surface area contributed by atoms with Gasteiger partial charge in [-0.05, 0) is 42.7 Å². The molecule has 154 valence electrons. The minimum absolute atomic E-state index is 0.229. The van der Waals surface area contributed by atoms with Gasteiger partial charge in [0.25, 0.3) is 0 Å². The number of nitriles is 1. The first-order valence-corrected chi connectivity index (χ1v) is 9.70. The first-order valence-electron chi connectivity index (χ1n) is 9.70. The van der Waals surface area contributed by atoms with Gasteiger partial charge < -0.3 is 14.8 Å². The minimum Gasteiger partial charge on any atom is -0.342 e. The average Bonchev–Trinajstić information content (AvgIpc) is 3.35. The quantitative estimate of drug-likeness (QED) is 0.685. The molecule has 2 atom stereocenters. The van der Waals surface area contributed by atoms with Gasteiger partial charge in [-0.25, -0.2) is 13.8 Å². The first kappa shape index (κ1) is 19.8. The number of fused-ring (bicyclic) bond motifs is 1. The molecule has 0 aliphatic heterocycles. The number of nitrogens with zero attached hydrogens (tertiary/aromatic N) is 4. The summed E-state index contributed by atoms with van der Waals surface area (Å²) in [4.78, 5) is 18.4. The van der Waals surface area contributed by atoms with E-state index in [1.807, 2.05) is 26.1 Å². The summed E-state index contributed by atoms with van der Waals surface area (Å²) in [6.45, 7) is 1.90. The van der Waals surface area contributed by atoms with Gasteiger partial charge in [-0.3, -0.25) is 4.79 Å². The van der Waals surface area contributed by atoms with Crippen molar-refractivity contribution in [2.24, 2.45) is 13.0 Å². The molecule has 1 aromatic heterocycles. The van der Waals surface area contributed by atoms with Crippen molar-refractivity contribution in [2.75, 3.05) is 17.3 Å². The number of hydrogen-bond donors (Lipinski definition) is 1. The molecule has 30 heavy (non-hydrogen) atoms. The lowest BCUT2D eigenvalue weighted by atomic mass is 10.0. The fourth-order valence-electron chi connectivity index (χ4n) is 3.66. The van der Waals surface area contributed by atoms with Crippen molar-refractivity contribution in [3.63, 3.8) is 0 Å². The third-order valence-corrected chi connectivity index (χ3v) is 5.50. The van der Waals surface area contributed by atoms with Crippen molar-refractivity contribution in [3.8, 4) is 6.07 Å². The number of hydrogen-bond acceptors (Lipinski definition) is 4. The molecule has 8 heteroatoms. The SMILES string of the molecule is CCc1cc(C#N)cc(F)c1N(C)c1cc(NC(=O)C2CC2F)c2ncn(C)c2c1. The molecule has 1 aliphatic carbocycles. The standard InChI is InChI=1S/C22H21F2N5O/c1-4-13-5-12(10-25)6-17(24)21(13)29(3)14-7-18(27-22(30)15-9-16(15)23)20-19(8-14)28(2)11-26-20/h5-8,11,15-16H,4,9H2,1-3H3,(H,27,30). The number of benzene rings is 2. The zero-order valence-corrected chi connectivity index (χ0v) is 16.9. The van der Waals surface area contributed by atoms with Crippen molar-refractivity contribution in [3.05, 3.63) is 47.5 Å². The van der Waals surface area contributed by atoms with Crippen LogP contribution in [0.4, 0.5) is 25.8 Å². The smallest absolute Gasteiger partial charge is 0.230 e. The van der Waals surface area contributed by atoms with Crippen LogP contribution in [0.2, 0.25) is 0 Å². The van der Waals surface area contributed by atoms with E-state index >= 15 is 0 Å². The third kappa shape index (κ3) is 3.36. The molecule has 0 spiro atoms. The second-order valence-corrected chi connectivity index (χ2v) is 7.55. The van der Waals surface area contributed by atoms with Crippen LogP contribution >= 0.6 is 0 Å². The maximum Gasteiger partial charge on any atom is 0.230 e. The molecule has 1 fully saturated rings. The number of alkyl halides is 1. The Morgan fingerprint density at radius 2 is 2.13 bits per heavy atom. The van der Waals surface area contributed by atoms with Gasteiger partial charge >= 0.3 is 0 Å². The van der Waals surface area contributed by atoms with E-state index in [9.17, 15) is 13.6 Å². The fourth-order valence-corrected chi connectivity index (χ4v) is 3.66. The van der Waals surface area contributed by atoms with E-state index in [1.54, 1.807) is 35.0 Å². The number of carbonyl (C=O) groups is 1. The monoisotopic (exact) mass is 409 g/mol. The normalized spacial score (nSPS) is 17.6. The molecule has 4 rings (SSSR count). The highest BCUT2D eigenvalue weighted by Crippen LogP contribution is 2.38. The van der Waals surface area contributed by atoms with Crippen molar-refractivity contribution in [1.82, 2.24) is 9.55 Å². The van der Waals surface area contributed by atoms with Gasteiger partial charge in [-0.2, -0.15) is 5.26 Å². The highest BCUT2D eigenvalue weighted by Gasteiger charge is 2.43. The predicted molar refractivity (Wildman–Crippen MR) is 111 cm³/mol. The second kappa shape index (κ2) is 7.41. The van der Waals surface area contributed by atoms with Crippen LogP contribution in [0.1, 0.15) is 24.5 Å². The molecular formula is C22H21F2N5O. The van der Waals surface area contributed by atoms with Crippen LogP contribution in [0.3, 0.4) is 0 Å². The Bertz CT molecular complexity index is 1200. The van der Waals surface area contributed by atoms with Crippen LogP contribution < -0.4 is 10.2 Å². The Morgan fingerprint density at radius 3 is 2.77 bits per heavy atom. The highest BCUT2D eigenvalue weighted by atomic mass is 19.1. The summed E-state index contributed by atoms with van der Waals surface area (Å²) in [5.41, 5.74) is 3.73. The highest BCUT2D eigenvalue weighted by molar-refractivity contribution is 6.03. The summed E-state index contributed by atoms with van der Waals surface area (Å²) >= 11 is 0. The average molecular weight is 409 g/mol. The molecular weight excluding hydrogens is 388 g/mol. The third-order valence-electron chi connectivity index (χ3n) is 5.50. The van der Waals surface area contributed by atoms with Gasteiger partial charge in [-0.1, -0.05) is 6.92 Å². The van der Waals surface area contributed by atoms with Crippen LogP contribution in [0.25, 0.3) is 11.0 Å². The van der Waals surface area contributed by atoms with Gasteiger partial charge in [0.15, 0.2) is 0 Å². The van der Waals surface area contributed by atoms with Gasteiger partial charge in [0.1, 0.15) is 17.5 Å². The number of aryl methyl sites for hydroxylation is 2. The molecule has 0 bridgehead atoms. The van der Waals surface area contributed by atoms with Crippen molar-refractivity contribution in [1.29, 1.82) is 5.26 Å². The molecule has 6 nitrogen and oxygen atoms in total. The Morgan fingerprint density at radius 1 is 1.40 bits per heavy atom. The van der Waals surface area contributed by atoms with E-state index in [2.05, 4.69) is 10.3 Å². The van der Waals surface area contributed by atoms with Crippen LogP contribution in [0.15, 0.2) is 30.6 Å². The lowest BCUT2D eigenvalue weighted by molar-refractivity contribution is -0.117. The number of anilines is 3. The summed E-state index contributed by atoms with van der Waals surface area (Å²) in [5.74, 6) is -1.51. The summed E-state index contributed by atoms with van der Waals surface area (Å²) in [7, 11) is 3.55. The van der Waals surface area contributed by atoms with Crippen molar-refractivity contribution < 1.29 is 13.6 Å². The second-order valence-electron chi connectivity index (χ2n) is 7.55. The molecule has 3 aromatic rings. The molecule has 2 unspecified atom stereocenters. The molecule has 0 saturated heterocycles. The lowest BCUT2D eigenvalue weighted by Gasteiger charge is -2.24. The maximum absolute atomic E-state index is 14.9. The van der Waals surface area contributed by atoms with Gasteiger partial charge in [-0.15, -0.1) is 0 Å². The topological polar surface area (TPSA) is 74.0 Å². The number of imidazole rings is 1. The van der Waals surface area contributed by atoms with Crippen LogP contribution in [-0.4, -0.2) is 28.7 Å². The van der Waals surface area contributed by atoms with Crippen molar-refractivity contribution in [2.45, 2.75) is 25.9 Å². The van der Waals surface area contributed by atoms with E-state index < -0.39 is 17.9 Å². The Labute approximate surface area is 172 Å². The Balaban J connectivity index is 1.80. The molecule has 1 amide bonds. The van der Waals surface area contributed by atoms with Crippen molar-refractivity contribution >= 4 is 34.0 Å². The Hall–Kier alpha value is -3.47. The van der Waals surface area contributed by atoms with E-state index in [-0.39, 0.29) is 17.9 Å². The van der Waals surface area contributed by atoms with Gasteiger partial charge in [0.2, 0.25) is 5.91 Å².